The molecule has 0 fully saturated rings. The van der Waals surface area contributed by atoms with Gasteiger partial charge in [-0.05, 0) is 41.7 Å². The summed E-state index contributed by atoms with van der Waals surface area (Å²) >= 11 is 0. The quantitative estimate of drug-likeness (QED) is 0.534. The highest BCUT2D eigenvalue weighted by Crippen LogP contribution is 2.35. The molecule has 28 heavy (non-hydrogen) atoms. The van der Waals surface area contributed by atoms with Crippen LogP contribution in [0.4, 0.5) is 0 Å². The Morgan fingerprint density at radius 3 is 1.79 bits per heavy atom. The summed E-state index contributed by atoms with van der Waals surface area (Å²) in [5.41, 5.74) is 3.60. The molecule has 6 nitrogen and oxygen atoms in total. The van der Waals surface area contributed by atoms with E-state index in [0.29, 0.717) is 5.56 Å². The van der Waals surface area contributed by atoms with Crippen LogP contribution in [-0.4, -0.2) is 32.4 Å². The number of phenolic OH excluding ortho intramolecular Hbond substituents is 2. The fourth-order valence-electron chi connectivity index (χ4n) is 2.57. The van der Waals surface area contributed by atoms with Crippen molar-refractivity contribution >= 4 is 23.6 Å². The van der Waals surface area contributed by atoms with Gasteiger partial charge < -0.3 is 20.4 Å². The molecule has 0 aliphatic heterocycles. The molecule has 0 saturated heterocycles. The van der Waals surface area contributed by atoms with Crippen molar-refractivity contribution < 1.29 is 30.0 Å². The second-order valence-electron chi connectivity index (χ2n) is 6.61. The molecule has 6 heteroatoms. The molecule has 2 aromatic rings. The Hall–Kier alpha value is -3.28. The van der Waals surface area contributed by atoms with Crippen molar-refractivity contribution in [3.8, 4) is 11.5 Å². The van der Waals surface area contributed by atoms with E-state index in [1.165, 1.54) is 0 Å². The number of rotatable bonds is 6. The van der Waals surface area contributed by atoms with Gasteiger partial charge in [-0.3, -0.25) is 9.59 Å². The highest BCUT2D eigenvalue weighted by atomic mass is 16.4. The van der Waals surface area contributed by atoms with E-state index in [0.717, 1.165) is 16.7 Å². The number of aliphatic carboxylic acids is 2. The van der Waals surface area contributed by atoms with Crippen molar-refractivity contribution in [2.45, 2.75) is 39.5 Å². The summed E-state index contributed by atoms with van der Waals surface area (Å²) in [6, 6.07) is 13.4. The minimum absolute atomic E-state index is 0.0863. The normalized spacial score (nSPS) is 10.9. The van der Waals surface area contributed by atoms with Gasteiger partial charge in [0.1, 0.15) is 11.5 Å². The summed E-state index contributed by atoms with van der Waals surface area (Å²) in [6.07, 6.45) is 1.36. The number of hydrogen-bond acceptors (Lipinski definition) is 4. The standard InChI is InChI=1S/C18H20O2.C4H6O4/c1-12(2)18-16(19)10-14(11-17(18)20)9-13(3)15-7-5-4-6-8-15;5-3(6)1-2-4(7)8/h4-12,19-20H,1-3H3;1-2H2,(H,5,6)(H,7,8). The Labute approximate surface area is 164 Å². The Balaban J connectivity index is 0.000000416. The van der Waals surface area contributed by atoms with E-state index in [4.69, 9.17) is 10.2 Å². The van der Waals surface area contributed by atoms with Crippen molar-refractivity contribution in [3.63, 3.8) is 0 Å². The lowest BCUT2D eigenvalue weighted by Gasteiger charge is -2.12. The topological polar surface area (TPSA) is 115 Å². The van der Waals surface area contributed by atoms with Gasteiger partial charge >= 0.3 is 11.9 Å². The third-order valence-corrected chi connectivity index (χ3v) is 3.90. The number of phenols is 2. The SMILES string of the molecule is CC(=Cc1cc(O)c(C(C)C)c(O)c1)c1ccccc1.O=C(O)CCC(=O)O. The summed E-state index contributed by atoms with van der Waals surface area (Å²) in [5.74, 6) is -1.78. The number of hydrogen-bond donors (Lipinski definition) is 4. The molecule has 4 N–H and O–H groups in total. The monoisotopic (exact) mass is 386 g/mol. The summed E-state index contributed by atoms with van der Waals surface area (Å²) in [6.45, 7) is 5.90. The van der Waals surface area contributed by atoms with Crippen LogP contribution in [-0.2, 0) is 9.59 Å². The van der Waals surface area contributed by atoms with E-state index in [1.54, 1.807) is 12.1 Å². The van der Waals surface area contributed by atoms with Gasteiger partial charge in [-0.15, -0.1) is 0 Å². The molecule has 0 bridgehead atoms. The van der Waals surface area contributed by atoms with Crippen molar-refractivity contribution in [3.05, 3.63) is 59.2 Å². The number of carboxylic acid groups (broad SMARTS) is 2. The van der Waals surface area contributed by atoms with Crippen molar-refractivity contribution in [1.82, 2.24) is 0 Å². The lowest BCUT2D eigenvalue weighted by atomic mass is 9.97. The molecule has 0 aliphatic rings. The molecule has 0 atom stereocenters. The molecule has 0 amide bonds. The second kappa shape index (κ2) is 10.8. The summed E-state index contributed by atoms with van der Waals surface area (Å²) in [5, 5.41) is 35.9. The summed E-state index contributed by atoms with van der Waals surface area (Å²) < 4.78 is 0. The number of allylic oxidation sites excluding steroid dienone is 1. The summed E-state index contributed by atoms with van der Waals surface area (Å²) in [7, 11) is 0. The molecular formula is C22H26O6. The van der Waals surface area contributed by atoms with Crippen LogP contribution in [0, 0.1) is 0 Å². The first kappa shape index (κ1) is 22.8. The fraction of sp³-hybridized carbons (Fsp3) is 0.273. The van der Waals surface area contributed by atoms with Crippen molar-refractivity contribution in [2.24, 2.45) is 0 Å². The molecular weight excluding hydrogens is 360 g/mol. The van der Waals surface area contributed by atoms with Gasteiger partial charge in [-0.25, -0.2) is 0 Å². The first-order chi connectivity index (χ1) is 13.1. The van der Waals surface area contributed by atoms with Gasteiger partial charge in [-0.1, -0.05) is 50.3 Å². The Morgan fingerprint density at radius 2 is 1.39 bits per heavy atom. The second-order valence-corrected chi connectivity index (χ2v) is 6.61. The minimum atomic E-state index is -1.08. The number of benzene rings is 2. The minimum Gasteiger partial charge on any atom is -0.507 e. The van der Waals surface area contributed by atoms with Gasteiger partial charge in [0.25, 0.3) is 0 Å². The van der Waals surface area contributed by atoms with Crippen LogP contribution in [0.25, 0.3) is 11.6 Å². The van der Waals surface area contributed by atoms with Gasteiger partial charge in [-0.2, -0.15) is 0 Å². The van der Waals surface area contributed by atoms with Crippen LogP contribution in [0.5, 0.6) is 11.5 Å². The Bertz CT molecular complexity index is 800. The molecule has 0 spiro atoms. The number of carbonyl (C=O) groups is 2. The maximum absolute atomic E-state index is 10.0. The predicted molar refractivity (Wildman–Crippen MR) is 108 cm³/mol. The zero-order valence-corrected chi connectivity index (χ0v) is 16.2. The van der Waals surface area contributed by atoms with Crippen LogP contribution >= 0.6 is 0 Å². The zero-order valence-electron chi connectivity index (χ0n) is 16.2. The van der Waals surface area contributed by atoms with E-state index in [-0.39, 0.29) is 30.3 Å². The fourth-order valence-corrected chi connectivity index (χ4v) is 2.57. The predicted octanol–water partition coefficient (Wildman–Crippen LogP) is 4.72. The lowest BCUT2D eigenvalue weighted by molar-refractivity contribution is -0.143. The molecule has 2 aromatic carbocycles. The zero-order chi connectivity index (χ0) is 21.3. The van der Waals surface area contributed by atoms with Crippen LogP contribution in [0.15, 0.2) is 42.5 Å². The van der Waals surface area contributed by atoms with Crippen LogP contribution in [0.1, 0.15) is 56.2 Å². The average Bonchev–Trinajstić information content (AvgIpc) is 2.60. The van der Waals surface area contributed by atoms with Crippen molar-refractivity contribution in [1.29, 1.82) is 0 Å². The van der Waals surface area contributed by atoms with E-state index in [1.807, 2.05) is 57.2 Å². The maximum Gasteiger partial charge on any atom is 0.303 e. The van der Waals surface area contributed by atoms with E-state index < -0.39 is 11.9 Å². The van der Waals surface area contributed by atoms with Gasteiger partial charge in [0.2, 0.25) is 0 Å². The molecule has 150 valence electrons. The molecule has 0 aliphatic carbocycles. The van der Waals surface area contributed by atoms with Gasteiger partial charge in [0, 0.05) is 5.56 Å². The van der Waals surface area contributed by atoms with E-state index in [9.17, 15) is 19.8 Å². The molecule has 0 heterocycles. The summed E-state index contributed by atoms with van der Waals surface area (Å²) in [4.78, 5) is 19.3. The first-order valence-electron chi connectivity index (χ1n) is 8.85. The molecule has 0 aromatic heterocycles. The number of carboxylic acids is 2. The Kier molecular flexibility index (Phi) is 8.75. The van der Waals surface area contributed by atoms with E-state index in [2.05, 4.69) is 0 Å². The van der Waals surface area contributed by atoms with Crippen LogP contribution < -0.4 is 0 Å². The van der Waals surface area contributed by atoms with Crippen LogP contribution in [0.2, 0.25) is 0 Å². The number of aromatic hydroxyl groups is 2. The third-order valence-electron chi connectivity index (χ3n) is 3.90. The molecule has 0 radical (unpaired) electrons. The lowest BCUT2D eigenvalue weighted by Crippen LogP contribution is -2.00. The largest absolute Gasteiger partial charge is 0.507 e. The average molecular weight is 386 g/mol. The smallest absolute Gasteiger partial charge is 0.303 e. The van der Waals surface area contributed by atoms with Gasteiger partial charge in [0.05, 0.1) is 12.8 Å². The third kappa shape index (κ3) is 7.53. The van der Waals surface area contributed by atoms with E-state index >= 15 is 0 Å². The highest BCUT2D eigenvalue weighted by molar-refractivity contribution is 5.81. The molecule has 2 rings (SSSR count). The molecule has 0 saturated carbocycles. The molecule has 0 unspecified atom stereocenters. The van der Waals surface area contributed by atoms with Crippen LogP contribution in [0.3, 0.4) is 0 Å². The van der Waals surface area contributed by atoms with Crippen molar-refractivity contribution in [2.75, 3.05) is 0 Å². The maximum atomic E-state index is 10.0. The highest BCUT2D eigenvalue weighted by Gasteiger charge is 2.12. The van der Waals surface area contributed by atoms with Gasteiger partial charge in [0.15, 0.2) is 0 Å². The first-order valence-corrected chi connectivity index (χ1v) is 8.85. The Morgan fingerprint density at radius 1 is 0.929 bits per heavy atom.